The highest BCUT2D eigenvalue weighted by Crippen LogP contribution is 2.11. The third-order valence-corrected chi connectivity index (χ3v) is 3.49. The summed E-state index contributed by atoms with van der Waals surface area (Å²) in [5, 5.41) is 19.6. The Bertz CT molecular complexity index is 787. The largest absolute Gasteiger partial charge is 0.387 e. The monoisotopic (exact) mass is 322 g/mol. The Morgan fingerprint density at radius 1 is 1.04 bits per heavy atom. The van der Waals surface area contributed by atoms with Gasteiger partial charge in [-0.3, -0.25) is 5.32 Å². The molecule has 1 unspecified atom stereocenters. The van der Waals surface area contributed by atoms with Gasteiger partial charge in [0.05, 0.1) is 11.8 Å². The van der Waals surface area contributed by atoms with Crippen molar-refractivity contribution in [2.24, 2.45) is 0 Å². The zero-order chi connectivity index (χ0) is 16.8. The quantitative estimate of drug-likeness (QED) is 0.676. The molecule has 1 atom stereocenters. The molecule has 0 saturated carbocycles. The number of aliphatic hydroxyl groups is 1. The number of aliphatic hydroxyl groups excluding tert-OH is 1. The fourth-order valence-corrected chi connectivity index (χ4v) is 2.26. The minimum Gasteiger partial charge on any atom is -0.387 e. The summed E-state index contributed by atoms with van der Waals surface area (Å²) in [7, 11) is 0. The zero-order valence-corrected chi connectivity index (χ0v) is 13.0. The van der Waals surface area contributed by atoms with E-state index in [1.54, 1.807) is 16.9 Å². The van der Waals surface area contributed by atoms with E-state index in [4.69, 9.17) is 0 Å². The maximum absolute atomic E-state index is 11.9. The Kier molecular flexibility index (Phi) is 4.88. The second kappa shape index (κ2) is 7.43. The molecule has 0 bridgehead atoms. The first-order valence-corrected chi connectivity index (χ1v) is 7.61. The first-order valence-electron chi connectivity index (χ1n) is 7.61. The van der Waals surface area contributed by atoms with Crippen molar-refractivity contribution >= 4 is 11.8 Å². The number of nitrogens with zero attached hydrogens (tertiary/aromatic N) is 2. The molecule has 3 N–H and O–H groups in total. The second-order valence-electron chi connectivity index (χ2n) is 5.24. The summed E-state index contributed by atoms with van der Waals surface area (Å²) in [5.74, 6) is 0.436. The second-order valence-corrected chi connectivity index (χ2v) is 5.24. The van der Waals surface area contributed by atoms with Crippen LogP contribution < -0.4 is 10.6 Å². The number of aromatic nitrogens is 2. The molecule has 1 aromatic heterocycles. The summed E-state index contributed by atoms with van der Waals surface area (Å²) in [4.78, 5) is 11.9. The predicted octanol–water partition coefficient (Wildman–Crippen LogP) is 2.73. The molecule has 0 saturated heterocycles. The fraction of sp³-hybridized carbons (Fsp3) is 0.111. The standard InChI is InChI=1S/C18H18N4O2/c23-16(14-7-3-1-4-8-14)13-19-18(24)20-17-11-12-22(21-17)15-9-5-2-6-10-15/h1-12,16,23H,13H2,(H2,19,20,21,24). The molecule has 122 valence electrons. The van der Waals surface area contributed by atoms with E-state index in [0.717, 1.165) is 11.3 Å². The molecule has 0 aliphatic heterocycles. The van der Waals surface area contributed by atoms with Gasteiger partial charge in [-0.05, 0) is 17.7 Å². The maximum Gasteiger partial charge on any atom is 0.320 e. The number of anilines is 1. The van der Waals surface area contributed by atoms with Gasteiger partial charge in [0.25, 0.3) is 0 Å². The Labute approximate surface area is 139 Å². The van der Waals surface area contributed by atoms with Crippen molar-refractivity contribution in [2.75, 3.05) is 11.9 Å². The van der Waals surface area contributed by atoms with Crippen molar-refractivity contribution in [3.8, 4) is 5.69 Å². The highest BCUT2D eigenvalue weighted by atomic mass is 16.3. The summed E-state index contributed by atoms with van der Waals surface area (Å²) in [6.45, 7) is 0.120. The number of carbonyl (C=O) groups is 1. The molecule has 0 radical (unpaired) electrons. The van der Waals surface area contributed by atoms with Gasteiger partial charge in [-0.15, -0.1) is 5.10 Å². The Morgan fingerprint density at radius 3 is 2.42 bits per heavy atom. The lowest BCUT2D eigenvalue weighted by Crippen LogP contribution is -2.32. The van der Waals surface area contributed by atoms with E-state index in [1.807, 2.05) is 60.7 Å². The Hall–Kier alpha value is -3.12. The van der Waals surface area contributed by atoms with Gasteiger partial charge in [-0.1, -0.05) is 48.5 Å². The minimum absolute atomic E-state index is 0.120. The van der Waals surface area contributed by atoms with Gasteiger partial charge in [-0.25, -0.2) is 9.48 Å². The Morgan fingerprint density at radius 2 is 1.71 bits per heavy atom. The van der Waals surface area contributed by atoms with Crippen LogP contribution in [0.3, 0.4) is 0 Å². The number of urea groups is 1. The molecular formula is C18H18N4O2. The van der Waals surface area contributed by atoms with E-state index in [2.05, 4.69) is 15.7 Å². The molecule has 6 nitrogen and oxygen atoms in total. The van der Waals surface area contributed by atoms with Crippen LogP contribution in [0.1, 0.15) is 11.7 Å². The summed E-state index contributed by atoms with van der Waals surface area (Å²) < 4.78 is 1.68. The van der Waals surface area contributed by atoms with Gasteiger partial charge in [-0.2, -0.15) is 0 Å². The van der Waals surface area contributed by atoms with Crippen molar-refractivity contribution in [3.05, 3.63) is 78.5 Å². The molecule has 2 amide bonds. The van der Waals surface area contributed by atoms with Gasteiger partial charge in [0, 0.05) is 18.8 Å². The van der Waals surface area contributed by atoms with E-state index in [9.17, 15) is 9.90 Å². The van der Waals surface area contributed by atoms with Gasteiger partial charge in [0.2, 0.25) is 0 Å². The number of hydrogen-bond acceptors (Lipinski definition) is 3. The first-order chi connectivity index (χ1) is 11.7. The molecule has 0 aliphatic carbocycles. The molecule has 2 aromatic carbocycles. The van der Waals surface area contributed by atoms with Gasteiger partial charge in [0.15, 0.2) is 5.82 Å². The number of nitrogens with one attached hydrogen (secondary N) is 2. The number of benzene rings is 2. The van der Waals surface area contributed by atoms with Crippen molar-refractivity contribution in [1.82, 2.24) is 15.1 Å². The third-order valence-electron chi connectivity index (χ3n) is 3.49. The SMILES string of the molecule is O=C(NCC(O)c1ccccc1)Nc1ccn(-c2ccccc2)n1. The van der Waals surface area contributed by atoms with Crippen molar-refractivity contribution in [3.63, 3.8) is 0 Å². The average molecular weight is 322 g/mol. The van der Waals surface area contributed by atoms with Crippen LogP contribution in [0.2, 0.25) is 0 Å². The lowest BCUT2D eigenvalue weighted by molar-refractivity contribution is 0.175. The van der Waals surface area contributed by atoms with E-state index in [-0.39, 0.29) is 6.54 Å². The number of rotatable bonds is 5. The third kappa shape index (κ3) is 3.99. The Balaban J connectivity index is 1.53. The van der Waals surface area contributed by atoms with E-state index in [0.29, 0.717) is 5.82 Å². The van der Waals surface area contributed by atoms with Crippen molar-refractivity contribution in [2.45, 2.75) is 6.10 Å². The lowest BCUT2D eigenvalue weighted by Gasteiger charge is -2.12. The summed E-state index contributed by atoms with van der Waals surface area (Å²) in [5.41, 5.74) is 1.66. The number of hydrogen-bond donors (Lipinski definition) is 3. The van der Waals surface area contributed by atoms with Crippen molar-refractivity contribution in [1.29, 1.82) is 0 Å². The number of carbonyl (C=O) groups excluding carboxylic acids is 1. The number of amides is 2. The molecule has 0 spiro atoms. The van der Waals surface area contributed by atoms with Crippen LogP contribution in [-0.4, -0.2) is 27.5 Å². The zero-order valence-electron chi connectivity index (χ0n) is 13.0. The predicted molar refractivity (Wildman–Crippen MR) is 92.0 cm³/mol. The molecule has 3 rings (SSSR count). The van der Waals surface area contributed by atoms with Gasteiger partial charge < -0.3 is 10.4 Å². The van der Waals surface area contributed by atoms with E-state index >= 15 is 0 Å². The van der Waals surface area contributed by atoms with Crippen LogP contribution in [0.5, 0.6) is 0 Å². The van der Waals surface area contributed by atoms with Crippen LogP contribution >= 0.6 is 0 Å². The topological polar surface area (TPSA) is 79.2 Å². The highest BCUT2D eigenvalue weighted by Gasteiger charge is 2.10. The van der Waals surface area contributed by atoms with Crippen LogP contribution in [-0.2, 0) is 0 Å². The fourth-order valence-electron chi connectivity index (χ4n) is 2.26. The van der Waals surface area contributed by atoms with E-state index in [1.165, 1.54) is 0 Å². The van der Waals surface area contributed by atoms with E-state index < -0.39 is 12.1 Å². The van der Waals surface area contributed by atoms with Gasteiger partial charge >= 0.3 is 6.03 Å². The van der Waals surface area contributed by atoms with Gasteiger partial charge in [0.1, 0.15) is 0 Å². The molecule has 24 heavy (non-hydrogen) atoms. The van der Waals surface area contributed by atoms with Crippen LogP contribution in [0.25, 0.3) is 5.69 Å². The number of para-hydroxylation sites is 1. The molecular weight excluding hydrogens is 304 g/mol. The molecule has 1 heterocycles. The molecule has 3 aromatic rings. The lowest BCUT2D eigenvalue weighted by atomic mass is 10.1. The van der Waals surface area contributed by atoms with Crippen LogP contribution in [0.15, 0.2) is 72.9 Å². The minimum atomic E-state index is -0.751. The van der Waals surface area contributed by atoms with Crippen LogP contribution in [0, 0.1) is 0 Å². The average Bonchev–Trinajstić information content (AvgIpc) is 3.09. The maximum atomic E-state index is 11.9. The summed E-state index contributed by atoms with van der Waals surface area (Å²) >= 11 is 0. The van der Waals surface area contributed by atoms with Crippen LogP contribution in [0.4, 0.5) is 10.6 Å². The first kappa shape index (κ1) is 15.8. The smallest absolute Gasteiger partial charge is 0.320 e. The van der Waals surface area contributed by atoms with Crippen molar-refractivity contribution < 1.29 is 9.90 Å². The molecule has 0 aliphatic rings. The molecule has 6 heteroatoms. The highest BCUT2D eigenvalue weighted by molar-refractivity contribution is 5.88. The summed E-state index contributed by atoms with van der Waals surface area (Å²) in [6.07, 6.45) is 1.02. The summed E-state index contributed by atoms with van der Waals surface area (Å²) in [6, 6.07) is 20.1. The normalized spacial score (nSPS) is 11.7. The molecule has 0 fully saturated rings.